The summed E-state index contributed by atoms with van der Waals surface area (Å²) in [5.41, 5.74) is -5.46. The van der Waals surface area contributed by atoms with Crippen LogP contribution in [0.3, 0.4) is 0 Å². The zero-order chi connectivity index (χ0) is 17.1. The fourth-order valence-electron chi connectivity index (χ4n) is 1.51. The van der Waals surface area contributed by atoms with Crippen molar-refractivity contribution in [2.45, 2.75) is 5.51 Å². The molecule has 0 unspecified atom stereocenters. The first-order valence-electron chi connectivity index (χ1n) is 6.11. The van der Waals surface area contributed by atoms with Crippen LogP contribution in [0, 0.1) is 7.14 Å². The topological polar surface area (TPSA) is 52.6 Å². The first-order valence-corrected chi connectivity index (χ1v) is 9.68. The lowest BCUT2D eigenvalue weighted by Gasteiger charge is -2.08. The van der Waals surface area contributed by atoms with Crippen LogP contribution in [0.25, 0.3) is 0 Å². The average Bonchev–Trinajstić information content (AvgIpc) is 2.48. The highest BCUT2D eigenvalue weighted by atomic mass is 127. The Balaban J connectivity index is 2.27. The number of rotatable bonds is 5. The van der Waals surface area contributed by atoms with Crippen LogP contribution in [0.5, 0.6) is 11.5 Å². The van der Waals surface area contributed by atoms with Crippen molar-refractivity contribution in [2.24, 2.45) is 0 Å². The van der Waals surface area contributed by atoms with E-state index in [-0.39, 0.29) is 5.75 Å². The molecule has 124 valence electrons. The van der Waals surface area contributed by atoms with Crippen LogP contribution in [0.2, 0.25) is 0 Å². The molecule has 0 aliphatic heterocycles. The lowest BCUT2D eigenvalue weighted by molar-refractivity contribution is -0.598. The number of hydrogen-bond donors (Lipinski definition) is 0. The first kappa shape index (κ1) is 17.9. The Morgan fingerprint density at radius 3 is 2.17 bits per heavy atom. The average molecular weight is 459 g/mol. The Morgan fingerprint density at radius 2 is 1.61 bits per heavy atom. The van der Waals surface area contributed by atoms with E-state index in [4.69, 9.17) is 4.74 Å². The van der Waals surface area contributed by atoms with E-state index in [9.17, 15) is 21.6 Å². The Kier molecular flexibility index (Phi) is 5.40. The van der Waals surface area contributed by atoms with E-state index in [1.54, 1.807) is 36.4 Å². The second-order valence-electron chi connectivity index (χ2n) is 4.17. The number of alkyl halides is 3. The fourth-order valence-corrected chi connectivity index (χ4v) is 4.47. The van der Waals surface area contributed by atoms with Crippen molar-refractivity contribution in [3.8, 4) is 11.5 Å². The van der Waals surface area contributed by atoms with Crippen LogP contribution in [0.1, 0.15) is 0 Å². The smallest absolute Gasteiger partial charge is 0.497 e. The Bertz CT molecular complexity index is 773. The standard InChI is InChI=1S/C14H11F3IO4S/c1-21-11-8-6-10(7-9-11)18-12-4-2-3-5-13(12)22-23(19,20)14(15,16)17/h2-9H,1H3/q+1. The second-order valence-corrected chi connectivity index (χ2v) is 8.65. The van der Waals surface area contributed by atoms with Crippen molar-refractivity contribution in [2.75, 3.05) is 7.11 Å². The molecular formula is C14H11F3IO4S+. The zero-order valence-electron chi connectivity index (χ0n) is 11.7. The van der Waals surface area contributed by atoms with Gasteiger partial charge in [0.25, 0.3) is 0 Å². The second kappa shape index (κ2) is 6.95. The molecule has 0 aliphatic rings. The van der Waals surface area contributed by atoms with Crippen molar-refractivity contribution in [1.82, 2.24) is 0 Å². The van der Waals surface area contributed by atoms with Gasteiger partial charge in [-0.25, -0.2) is 0 Å². The third-order valence-electron chi connectivity index (χ3n) is 2.58. The lowest BCUT2D eigenvalue weighted by Crippen LogP contribution is -3.61. The molecule has 2 rings (SSSR count). The molecule has 2 aromatic rings. The van der Waals surface area contributed by atoms with Gasteiger partial charge in [0.15, 0.2) is 9.32 Å². The number of hydrogen-bond acceptors (Lipinski definition) is 4. The maximum atomic E-state index is 12.4. The minimum Gasteiger partial charge on any atom is -0.497 e. The van der Waals surface area contributed by atoms with Crippen molar-refractivity contribution in [3.63, 3.8) is 0 Å². The van der Waals surface area contributed by atoms with Gasteiger partial charge in [-0.1, -0.05) is 12.1 Å². The molecule has 0 aliphatic carbocycles. The molecule has 9 heteroatoms. The first-order chi connectivity index (χ1) is 10.7. The van der Waals surface area contributed by atoms with Crippen molar-refractivity contribution in [1.29, 1.82) is 0 Å². The summed E-state index contributed by atoms with van der Waals surface area (Å²) in [5.74, 6) is 0.357. The van der Waals surface area contributed by atoms with Gasteiger partial charge >= 0.3 is 36.8 Å². The van der Waals surface area contributed by atoms with Crippen LogP contribution >= 0.6 is 0 Å². The summed E-state index contributed by atoms with van der Waals surface area (Å²) >= 11 is -0.915. The van der Waals surface area contributed by atoms with Crippen LogP contribution in [0.4, 0.5) is 13.2 Å². The third-order valence-corrected chi connectivity index (χ3v) is 6.36. The van der Waals surface area contributed by atoms with Crippen LogP contribution in [0.15, 0.2) is 48.5 Å². The van der Waals surface area contributed by atoms with Gasteiger partial charge in [0, 0.05) is 0 Å². The van der Waals surface area contributed by atoms with E-state index >= 15 is 0 Å². The summed E-state index contributed by atoms with van der Waals surface area (Å²) in [6.07, 6.45) is 0. The highest BCUT2D eigenvalue weighted by Gasteiger charge is 2.49. The normalized spacial score (nSPS) is 12.0. The molecule has 0 aromatic heterocycles. The van der Waals surface area contributed by atoms with Crippen molar-refractivity contribution < 1.29 is 51.7 Å². The van der Waals surface area contributed by atoms with E-state index in [2.05, 4.69) is 4.18 Å². The molecule has 2 aromatic carbocycles. The SMILES string of the molecule is COc1ccc([I+]c2ccccc2OS(=O)(=O)C(F)(F)F)cc1. The molecule has 0 saturated heterocycles. The summed E-state index contributed by atoms with van der Waals surface area (Å²) in [5, 5.41) is 0. The van der Waals surface area contributed by atoms with Crippen LogP contribution in [-0.2, 0) is 10.1 Å². The molecule has 0 radical (unpaired) electrons. The monoisotopic (exact) mass is 459 g/mol. The maximum Gasteiger partial charge on any atom is 0.534 e. The molecule has 0 bridgehead atoms. The molecule has 0 fully saturated rings. The van der Waals surface area contributed by atoms with Crippen LogP contribution < -0.4 is 30.1 Å². The highest BCUT2D eigenvalue weighted by Crippen LogP contribution is 2.26. The van der Waals surface area contributed by atoms with E-state index in [0.717, 1.165) is 3.57 Å². The highest BCUT2D eigenvalue weighted by molar-refractivity contribution is 7.87. The molecule has 0 N–H and O–H groups in total. The Morgan fingerprint density at radius 1 is 1.00 bits per heavy atom. The molecule has 23 heavy (non-hydrogen) atoms. The van der Waals surface area contributed by atoms with E-state index < -0.39 is 36.8 Å². The Labute approximate surface area is 141 Å². The largest absolute Gasteiger partial charge is 0.534 e. The zero-order valence-corrected chi connectivity index (χ0v) is 14.6. The fraction of sp³-hybridized carbons (Fsp3) is 0.143. The van der Waals surface area contributed by atoms with Gasteiger partial charge in [0.1, 0.15) is 5.75 Å². The predicted octanol–water partition coefficient (Wildman–Crippen LogP) is 0.0520. The minimum absolute atomic E-state index is 0.298. The maximum absolute atomic E-state index is 12.4. The van der Waals surface area contributed by atoms with Gasteiger partial charge < -0.3 is 8.92 Å². The lowest BCUT2D eigenvalue weighted by atomic mass is 10.3. The molecule has 0 spiro atoms. The molecule has 0 atom stereocenters. The predicted molar refractivity (Wildman–Crippen MR) is 72.4 cm³/mol. The van der Waals surface area contributed by atoms with E-state index in [0.29, 0.717) is 9.32 Å². The quantitative estimate of drug-likeness (QED) is 0.361. The molecule has 0 saturated carbocycles. The molecular weight excluding hydrogens is 448 g/mol. The van der Waals surface area contributed by atoms with E-state index in [1.165, 1.54) is 19.2 Å². The Hall–Kier alpha value is -1.49. The number of ether oxygens (including phenoxy) is 1. The van der Waals surface area contributed by atoms with Gasteiger partial charge in [-0.3, -0.25) is 0 Å². The minimum atomic E-state index is -5.68. The van der Waals surface area contributed by atoms with Crippen molar-refractivity contribution in [3.05, 3.63) is 55.7 Å². The van der Waals surface area contributed by atoms with Crippen molar-refractivity contribution >= 4 is 10.1 Å². The number of halogens is 4. The van der Waals surface area contributed by atoms with Gasteiger partial charge in [-0.05, 0) is 36.4 Å². The molecule has 0 heterocycles. The van der Waals surface area contributed by atoms with Gasteiger partial charge in [-0.2, -0.15) is 21.6 Å². The van der Waals surface area contributed by atoms with E-state index in [1.807, 2.05) is 0 Å². The third kappa shape index (κ3) is 4.50. The number of para-hydroxylation sites is 1. The summed E-state index contributed by atoms with van der Waals surface area (Å²) < 4.78 is 70.3. The van der Waals surface area contributed by atoms with Crippen LogP contribution in [-0.4, -0.2) is 21.0 Å². The van der Waals surface area contributed by atoms with Gasteiger partial charge in [-0.15, -0.1) is 0 Å². The summed E-state index contributed by atoms with van der Waals surface area (Å²) in [4.78, 5) is 0. The van der Waals surface area contributed by atoms with Gasteiger partial charge in [0.05, 0.1) is 7.11 Å². The van der Waals surface area contributed by atoms with Gasteiger partial charge in [0.2, 0.25) is 3.57 Å². The summed E-state index contributed by atoms with van der Waals surface area (Å²) in [6, 6.07) is 12.8. The number of methoxy groups -OCH3 is 1. The molecule has 4 nitrogen and oxygen atoms in total. The number of benzene rings is 2. The summed E-state index contributed by atoms with van der Waals surface area (Å²) in [6.45, 7) is 0. The summed E-state index contributed by atoms with van der Waals surface area (Å²) in [7, 11) is -4.16. The molecule has 0 amide bonds.